The lowest BCUT2D eigenvalue weighted by molar-refractivity contribution is -0.146. The van der Waals surface area contributed by atoms with Crippen LogP contribution in [0.2, 0.25) is 0 Å². The molecule has 0 saturated carbocycles. The van der Waals surface area contributed by atoms with Gasteiger partial charge >= 0.3 is 5.97 Å². The van der Waals surface area contributed by atoms with E-state index in [1.807, 2.05) is 42.5 Å². The third-order valence-electron chi connectivity index (χ3n) is 4.83. The average molecular weight is 394 g/mol. The van der Waals surface area contributed by atoms with Crippen LogP contribution in [-0.4, -0.2) is 39.2 Å². The molecule has 1 saturated heterocycles. The van der Waals surface area contributed by atoms with Crippen molar-refractivity contribution in [3.05, 3.63) is 60.0 Å². The smallest absolute Gasteiger partial charge is 0.310 e. The summed E-state index contributed by atoms with van der Waals surface area (Å²) >= 11 is 0. The summed E-state index contributed by atoms with van der Waals surface area (Å²) < 4.78 is 13.2. The van der Waals surface area contributed by atoms with E-state index < -0.39 is 0 Å². The topological polar surface area (TPSA) is 94.8 Å². The van der Waals surface area contributed by atoms with Crippen molar-refractivity contribution in [3.8, 4) is 0 Å². The SMILES string of the molecule is CC(=O)Nc1ncnn2c(C3CCC(COC(=O)Cc4ccccc4)O3)ccc12. The molecule has 1 fully saturated rings. The van der Waals surface area contributed by atoms with Crippen LogP contribution in [0.3, 0.4) is 0 Å². The molecule has 1 amide bonds. The van der Waals surface area contributed by atoms with Gasteiger partial charge in [-0.25, -0.2) is 9.50 Å². The summed E-state index contributed by atoms with van der Waals surface area (Å²) in [4.78, 5) is 27.5. The Labute approximate surface area is 167 Å². The molecule has 8 nitrogen and oxygen atoms in total. The fourth-order valence-electron chi connectivity index (χ4n) is 3.51. The second-order valence-electron chi connectivity index (χ2n) is 7.01. The van der Waals surface area contributed by atoms with E-state index in [2.05, 4.69) is 15.4 Å². The Kier molecular flexibility index (Phi) is 5.53. The standard InChI is InChI=1S/C21H22N4O4/c1-14(26)24-21-18-9-8-17(25(18)23-13-22-21)19-10-7-16(29-19)12-28-20(27)11-15-5-3-2-4-6-15/h2-6,8-9,13,16,19H,7,10-12H2,1H3,(H,22,23,24,26). The van der Waals surface area contributed by atoms with Crippen LogP contribution in [0.15, 0.2) is 48.8 Å². The number of fused-ring (bicyclic) bond motifs is 1. The van der Waals surface area contributed by atoms with Gasteiger partial charge in [-0.15, -0.1) is 0 Å². The van der Waals surface area contributed by atoms with E-state index >= 15 is 0 Å². The Balaban J connectivity index is 1.36. The molecule has 0 spiro atoms. The summed E-state index contributed by atoms with van der Waals surface area (Å²) in [5, 5.41) is 6.99. The third-order valence-corrected chi connectivity index (χ3v) is 4.83. The molecular formula is C21H22N4O4. The maximum absolute atomic E-state index is 12.0. The molecule has 4 rings (SSSR count). The van der Waals surface area contributed by atoms with Crippen LogP contribution in [-0.2, 0) is 25.5 Å². The minimum Gasteiger partial charge on any atom is -0.463 e. The maximum atomic E-state index is 12.0. The lowest BCUT2D eigenvalue weighted by Gasteiger charge is -2.14. The van der Waals surface area contributed by atoms with Gasteiger partial charge in [0, 0.05) is 6.92 Å². The zero-order valence-electron chi connectivity index (χ0n) is 16.1. The molecule has 1 N–H and O–H groups in total. The quantitative estimate of drug-likeness (QED) is 0.646. The lowest BCUT2D eigenvalue weighted by Crippen LogP contribution is -2.19. The van der Waals surface area contributed by atoms with Crippen molar-refractivity contribution in [1.29, 1.82) is 0 Å². The predicted octanol–water partition coefficient (Wildman–Crippen LogP) is 2.69. The summed E-state index contributed by atoms with van der Waals surface area (Å²) in [6, 6.07) is 13.3. The zero-order chi connectivity index (χ0) is 20.2. The first-order chi connectivity index (χ1) is 14.1. The molecule has 0 bridgehead atoms. The fourth-order valence-corrected chi connectivity index (χ4v) is 3.51. The number of nitrogens with one attached hydrogen (secondary N) is 1. The number of carbonyl (C=O) groups is 2. The van der Waals surface area contributed by atoms with Gasteiger partial charge in [0.15, 0.2) is 5.82 Å². The van der Waals surface area contributed by atoms with Crippen molar-refractivity contribution in [2.45, 2.75) is 38.4 Å². The van der Waals surface area contributed by atoms with Crippen LogP contribution in [0.25, 0.3) is 5.52 Å². The molecule has 29 heavy (non-hydrogen) atoms. The van der Waals surface area contributed by atoms with E-state index in [4.69, 9.17) is 9.47 Å². The van der Waals surface area contributed by atoms with Gasteiger partial charge in [0.25, 0.3) is 0 Å². The molecule has 8 heteroatoms. The second kappa shape index (κ2) is 8.40. The highest BCUT2D eigenvalue weighted by atomic mass is 16.6. The number of ether oxygens (including phenoxy) is 2. The van der Waals surface area contributed by atoms with Crippen molar-refractivity contribution in [1.82, 2.24) is 14.6 Å². The number of hydrogen-bond donors (Lipinski definition) is 1. The second-order valence-corrected chi connectivity index (χ2v) is 7.01. The van der Waals surface area contributed by atoms with Gasteiger partial charge in [-0.1, -0.05) is 30.3 Å². The van der Waals surface area contributed by atoms with Gasteiger partial charge in [0.05, 0.1) is 18.2 Å². The molecular weight excluding hydrogens is 372 g/mol. The first-order valence-electron chi connectivity index (χ1n) is 9.55. The van der Waals surface area contributed by atoms with Crippen molar-refractivity contribution in [3.63, 3.8) is 0 Å². The Morgan fingerprint density at radius 1 is 1.21 bits per heavy atom. The minimum atomic E-state index is -0.260. The molecule has 0 radical (unpaired) electrons. The van der Waals surface area contributed by atoms with E-state index in [1.54, 1.807) is 4.52 Å². The van der Waals surface area contributed by atoms with Gasteiger partial charge in [0.1, 0.15) is 24.6 Å². The van der Waals surface area contributed by atoms with Crippen molar-refractivity contribution in [2.75, 3.05) is 11.9 Å². The number of hydrogen-bond acceptors (Lipinski definition) is 6. The summed E-state index contributed by atoms with van der Waals surface area (Å²) in [6.45, 7) is 1.67. The first kappa shape index (κ1) is 19.1. The van der Waals surface area contributed by atoms with Crippen molar-refractivity contribution in [2.24, 2.45) is 0 Å². The van der Waals surface area contributed by atoms with Crippen LogP contribution < -0.4 is 5.32 Å². The van der Waals surface area contributed by atoms with E-state index in [0.29, 0.717) is 11.3 Å². The monoisotopic (exact) mass is 394 g/mol. The third kappa shape index (κ3) is 4.43. The van der Waals surface area contributed by atoms with Gasteiger partial charge in [-0.05, 0) is 30.5 Å². The number of anilines is 1. The van der Waals surface area contributed by atoms with E-state index in [0.717, 1.165) is 24.1 Å². The number of esters is 1. The van der Waals surface area contributed by atoms with Gasteiger partial charge in [0.2, 0.25) is 5.91 Å². The van der Waals surface area contributed by atoms with Gasteiger partial charge < -0.3 is 14.8 Å². The normalized spacial score (nSPS) is 18.7. The van der Waals surface area contributed by atoms with Crippen molar-refractivity contribution >= 4 is 23.2 Å². The van der Waals surface area contributed by atoms with E-state index in [-0.39, 0.29) is 37.1 Å². The molecule has 2 unspecified atom stereocenters. The summed E-state index contributed by atoms with van der Waals surface area (Å²) in [5.74, 6) is 0.00932. The van der Waals surface area contributed by atoms with E-state index in [9.17, 15) is 9.59 Å². The van der Waals surface area contributed by atoms with Crippen LogP contribution in [0, 0.1) is 0 Å². The molecule has 3 aromatic rings. The Morgan fingerprint density at radius 3 is 2.83 bits per heavy atom. The Bertz CT molecular complexity index is 1020. The molecule has 2 atom stereocenters. The first-order valence-corrected chi connectivity index (χ1v) is 9.55. The Morgan fingerprint density at radius 2 is 2.03 bits per heavy atom. The highest BCUT2D eigenvalue weighted by Gasteiger charge is 2.30. The molecule has 1 aliphatic heterocycles. The van der Waals surface area contributed by atoms with Crippen LogP contribution >= 0.6 is 0 Å². The number of nitrogens with zero attached hydrogens (tertiary/aromatic N) is 3. The summed E-state index contributed by atoms with van der Waals surface area (Å²) in [6.07, 6.45) is 2.94. The van der Waals surface area contributed by atoms with E-state index in [1.165, 1.54) is 13.3 Å². The van der Waals surface area contributed by atoms with Crippen LogP contribution in [0.4, 0.5) is 5.82 Å². The number of rotatable bonds is 6. The minimum absolute atomic E-state index is 0.151. The zero-order valence-corrected chi connectivity index (χ0v) is 16.1. The predicted molar refractivity (Wildman–Crippen MR) is 105 cm³/mol. The molecule has 0 aliphatic carbocycles. The maximum Gasteiger partial charge on any atom is 0.310 e. The highest BCUT2D eigenvalue weighted by Crippen LogP contribution is 2.34. The molecule has 150 valence electrons. The lowest BCUT2D eigenvalue weighted by atomic mass is 10.1. The molecule has 1 aliphatic rings. The highest BCUT2D eigenvalue weighted by molar-refractivity contribution is 5.91. The fraction of sp³-hybridized carbons (Fsp3) is 0.333. The molecule has 1 aromatic carbocycles. The number of carbonyl (C=O) groups excluding carboxylic acids is 2. The summed E-state index contributed by atoms with van der Waals surface area (Å²) in [7, 11) is 0. The van der Waals surface area contributed by atoms with Crippen molar-refractivity contribution < 1.29 is 19.1 Å². The van der Waals surface area contributed by atoms with Gasteiger partial charge in [-0.3, -0.25) is 9.59 Å². The number of amides is 1. The average Bonchev–Trinajstić information content (AvgIpc) is 3.34. The number of benzene rings is 1. The molecule has 3 heterocycles. The number of aromatic nitrogens is 3. The van der Waals surface area contributed by atoms with Gasteiger partial charge in [-0.2, -0.15) is 5.10 Å². The van der Waals surface area contributed by atoms with Crippen LogP contribution in [0.1, 0.15) is 37.1 Å². The largest absolute Gasteiger partial charge is 0.463 e. The summed E-state index contributed by atoms with van der Waals surface area (Å²) in [5.41, 5.74) is 2.52. The van der Waals surface area contributed by atoms with Crippen LogP contribution in [0.5, 0.6) is 0 Å². The Hall–Kier alpha value is -3.26. The molecule has 2 aromatic heterocycles.